The molecule has 0 radical (unpaired) electrons. The zero-order valence-corrected chi connectivity index (χ0v) is 12.5. The summed E-state index contributed by atoms with van der Waals surface area (Å²) in [6.07, 6.45) is 4.46. The Morgan fingerprint density at radius 2 is 2.25 bits per heavy atom. The lowest BCUT2D eigenvalue weighted by Crippen LogP contribution is -2.32. The molecule has 0 unspecified atom stereocenters. The van der Waals surface area contributed by atoms with Crippen molar-refractivity contribution in [1.82, 2.24) is 5.32 Å². The Labute approximate surface area is 119 Å². The Kier molecular flexibility index (Phi) is 5.52. The number of allylic oxidation sites excluding steroid dienone is 1. The second kappa shape index (κ2) is 6.71. The Balaban J connectivity index is 2.73. The Morgan fingerprint density at radius 3 is 2.75 bits per heavy atom. The van der Waals surface area contributed by atoms with Crippen LogP contribution in [0.15, 0.2) is 28.2 Å². The molecule has 0 aromatic carbocycles. The van der Waals surface area contributed by atoms with Crippen molar-refractivity contribution in [2.24, 2.45) is 5.14 Å². The number of furan rings is 1. The van der Waals surface area contributed by atoms with Gasteiger partial charge in [-0.3, -0.25) is 4.79 Å². The molecule has 0 fully saturated rings. The van der Waals surface area contributed by atoms with Crippen molar-refractivity contribution < 1.29 is 17.6 Å². The van der Waals surface area contributed by atoms with E-state index in [1.165, 1.54) is 6.92 Å². The molecular weight excluding hydrogens is 280 g/mol. The highest BCUT2D eigenvalue weighted by molar-refractivity contribution is 7.89. The van der Waals surface area contributed by atoms with Crippen LogP contribution in [0.5, 0.6) is 0 Å². The fourth-order valence-corrected chi connectivity index (χ4v) is 2.29. The molecule has 1 amide bonds. The average Bonchev–Trinajstić information content (AvgIpc) is 2.71. The van der Waals surface area contributed by atoms with Gasteiger partial charge >= 0.3 is 0 Å². The van der Waals surface area contributed by atoms with Gasteiger partial charge < -0.3 is 9.73 Å². The second-order valence-electron chi connectivity index (χ2n) is 4.67. The van der Waals surface area contributed by atoms with E-state index in [4.69, 9.17) is 9.56 Å². The number of nitrogens with one attached hydrogen (secondary N) is 1. The van der Waals surface area contributed by atoms with Gasteiger partial charge in [0.15, 0.2) is 0 Å². The number of carbonyl (C=O) groups is 1. The number of sulfonamides is 1. The number of aryl methyl sites for hydroxylation is 1. The van der Waals surface area contributed by atoms with Gasteiger partial charge in [-0.05, 0) is 33.1 Å². The first-order chi connectivity index (χ1) is 9.25. The number of primary sulfonamides is 1. The van der Waals surface area contributed by atoms with Crippen LogP contribution in [0.2, 0.25) is 0 Å². The molecule has 20 heavy (non-hydrogen) atoms. The number of nitrogens with two attached hydrogens (primary N) is 1. The minimum absolute atomic E-state index is 0.0188. The Morgan fingerprint density at radius 1 is 1.60 bits per heavy atom. The molecule has 0 saturated heterocycles. The molecule has 3 N–H and O–H groups in total. The first-order valence-corrected chi connectivity index (χ1v) is 7.85. The van der Waals surface area contributed by atoms with E-state index in [1.807, 2.05) is 13.0 Å². The van der Waals surface area contributed by atoms with Crippen molar-refractivity contribution in [2.45, 2.75) is 44.2 Å². The van der Waals surface area contributed by atoms with E-state index in [1.54, 1.807) is 0 Å². The fraction of sp³-hybridized carbons (Fsp3) is 0.462. The van der Waals surface area contributed by atoms with Crippen LogP contribution in [-0.2, 0) is 10.0 Å². The van der Waals surface area contributed by atoms with Crippen LogP contribution in [0.25, 0.3) is 0 Å². The molecule has 6 nitrogen and oxygen atoms in total. The lowest BCUT2D eigenvalue weighted by molar-refractivity contribution is 0.0936. The van der Waals surface area contributed by atoms with Crippen LogP contribution in [0.1, 0.15) is 42.3 Å². The smallest absolute Gasteiger partial charge is 0.271 e. The normalized spacial score (nSPS) is 12.9. The Hall–Kier alpha value is -1.60. The van der Waals surface area contributed by atoms with Crippen LogP contribution < -0.4 is 10.5 Å². The zero-order chi connectivity index (χ0) is 15.3. The number of hydrogen-bond donors (Lipinski definition) is 2. The van der Waals surface area contributed by atoms with Crippen LogP contribution in [-0.4, -0.2) is 20.4 Å². The van der Waals surface area contributed by atoms with Gasteiger partial charge in [-0.15, -0.1) is 6.58 Å². The third-order valence-corrected chi connectivity index (χ3v) is 3.61. The van der Waals surface area contributed by atoms with Gasteiger partial charge in [-0.2, -0.15) is 0 Å². The summed E-state index contributed by atoms with van der Waals surface area (Å²) in [4.78, 5) is 12.0. The van der Waals surface area contributed by atoms with Gasteiger partial charge in [0, 0.05) is 12.1 Å². The summed E-state index contributed by atoms with van der Waals surface area (Å²) in [7, 11) is -3.94. The van der Waals surface area contributed by atoms with Crippen molar-refractivity contribution in [3.05, 3.63) is 30.0 Å². The minimum Gasteiger partial charge on any atom is -0.448 e. The molecule has 7 heteroatoms. The zero-order valence-electron chi connectivity index (χ0n) is 11.7. The highest BCUT2D eigenvalue weighted by Gasteiger charge is 2.21. The predicted octanol–water partition coefficient (Wildman–Crippen LogP) is 1.71. The number of unbranched alkanes of at least 4 members (excludes halogenated alkanes) is 1. The van der Waals surface area contributed by atoms with Gasteiger partial charge in [-0.25, -0.2) is 13.6 Å². The standard InChI is InChI=1S/C13H20N2O4S/c1-4-5-6-7-9(2)15-13(16)11-8-12(19-10(11)3)20(14,17)18/h4,8-9H,1,5-7H2,2-3H3,(H,15,16)(H2,14,17,18)/t9-/m1/s1. The Bertz CT molecular complexity index is 590. The van der Waals surface area contributed by atoms with Gasteiger partial charge in [0.25, 0.3) is 15.9 Å². The number of amides is 1. The molecule has 112 valence electrons. The number of carbonyl (C=O) groups excluding carboxylic acids is 1. The summed E-state index contributed by atoms with van der Waals surface area (Å²) in [6.45, 7) is 7.04. The van der Waals surface area contributed by atoms with E-state index >= 15 is 0 Å². The predicted molar refractivity (Wildman–Crippen MR) is 75.8 cm³/mol. The highest BCUT2D eigenvalue weighted by atomic mass is 32.2. The van der Waals surface area contributed by atoms with Gasteiger partial charge in [-0.1, -0.05) is 6.08 Å². The van der Waals surface area contributed by atoms with Crippen LogP contribution in [0.3, 0.4) is 0 Å². The number of hydrogen-bond acceptors (Lipinski definition) is 4. The average molecular weight is 300 g/mol. The van der Waals surface area contributed by atoms with E-state index in [0.29, 0.717) is 0 Å². The molecule has 0 aliphatic carbocycles. The van der Waals surface area contributed by atoms with Crippen molar-refractivity contribution in [3.63, 3.8) is 0 Å². The molecule has 1 aromatic rings. The molecule has 1 rings (SSSR count). The largest absolute Gasteiger partial charge is 0.448 e. The van der Waals surface area contributed by atoms with Crippen molar-refractivity contribution in [3.8, 4) is 0 Å². The third kappa shape index (κ3) is 4.50. The first kappa shape index (κ1) is 16.5. The van der Waals surface area contributed by atoms with E-state index < -0.39 is 15.1 Å². The molecule has 1 aromatic heterocycles. The lowest BCUT2D eigenvalue weighted by Gasteiger charge is -2.12. The van der Waals surface area contributed by atoms with Crippen LogP contribution in [0, 0.1) is 6.92 Å². The second-order valence-corrected chi connectivity index (χ2v) is 6.17. The van der Waals surface area contributed by atoms with E-state index in [-0.39, 0.29) is 23.3 Å². The molecule has 0 bridgehead atoms. The van der Waals surface area contributed by atoms with E-state index in [2.05, 4.69) is 11.9 Å². The summed E-state index contributed by atoms with van der Waals surface area (Å²) in [5.41, 5.74) is 0.185. The molecular formula is C13H20N2O4S. The quantitative estimate of drug-likeness (QED) is 0.591. The monoisotopic (exact) mass is 300 g/mol. The highest BCUT2D eigenvalue weighted by Crippen LogP contribution is 2.18. The fourth-order valence-electron chi connectivity index (χ4n) is 1.76. The van der Waals surface area contributed by atoms with Crippen molar-refractivity contribution in [1.29, 1.82) is 0 Å². The van der Waals surface area contributed by atoms with Crippen molar-refractivity contribution >= 4 is 15.9 Å². The van der Waals surface area contributed by atoms with Gasteiger partial charge in [0.1, 0.15) is 5.76 Å². The van der Waals surface area contributed by atoms with Crippen molar-refractivity contribution in [2.75, 3.05) is 0 Å². The molecule has 1 atom stereocenters. The molecule has 1 heterocycles. The summed E-state index contributed by atoms with van der Waals surface area (Å²) in [6, 6.07) is 1.13. The van der Waals surface area contributed by atoms with Gasteiger partial charge in [0.2, 0.25) is 5.09 Å². The molecule has 0 aliphatic rings. The number of rotatable bonds is 7. The van der Waals surface area contributed by atoms with E-state index in [0.717, 1.165) is 25.3 Å². The van der Waals surface area contributed by atoms with Gasteiger partial charge in [0.05, 0.1) is 5.56 Å². The molecule has 0 aliphatic heterocycles. The summed E-state index contributed by atoms with van der Waals surface area (Å²) >= 11 is 0. The topological polar surface area (TPSA) is 102 Å². The minimum atomic E-state index is -3.94. The molecule has 0 saturated carbocycles. The maximum atomic E-state index is 12.0. The van der Waals surface area contributed by atoms with E-state index in [9.17, 15) is 13.2 Å². The molecule has 0 spiro atoms. The lowest BCUT2D eigenvalue weighted by atomic mass is 10.1. The van der Waals surface area contributed by atoms with Crippen LogP contribution in [0.4, 0.5) is 0 Å². The van der Waals surface area contributed by atoms with Crippen LogP contribution >= 0.6 is 0 Å². The summed E-state index contributed by atoms with van der Waals surface area (Å²) in [5, 5.41) is 7.35. The maximum Gasteiger partial charge on any atom is 0.271 e. The summed E-state index contributed by atoms with van der Waals surface area (Å²) < 4.78 is 27.3. The third-order valence-electron chi connectivity index (χ3n) is 2.84. The first-order valence-electron chi connectivity index (χ1n) is 6.30. The summed E-state index contributed by atoms with van der Waals surface area (Å²) in [5.74, 6) is -0.142. The SMILES string of the molecule is C=CCCC[C@@H](C)NC(=O)c1cc(S(N)(=O)=O)oc1C. The maximum absolute atomic E-state index is 12.0.